The van der Waals surface area contributed by atoms with E-state index in [0.29, 0.717) is 31.5 Å². The molecule has 1 aromatic rings. The number of piperidine rings is 1. The molecule has 6 heteroatoms. The van der Waals surface area contributed by atoms with E-state index < -0.39 is 5.97 Å². The van der Waals surface area contributed by atoms with E-state index in [0.717, 1.165) is 9.32 Å². The molecule has 1 aromatic carbocycles. The Morgan fingerprint density at radius 1 is 1.35 bits per heavy atom. The van der Waals surface area contributed by atoms with Crippen LogP contribution in [0.4, 0.5) is 0 Å². The summed E-state index contributed by atoms with van der Waals surface area (Å²) in [7, 11) is 1.59. The Balaban J connectivity index is 2.05. The summed E-state index contributed by atoms with van der Waals surface area (Å²) >= 11 is 2.13. The molecule has 1 amide bonds. The molecule has 108 valence electrons. The molecular weight excluding hydrogens is 373 g/mol. The standard InChI is InChI=1S/C14H16INO4/c1-20-12-3-2-10(8-11(12)15)13(17)16-6-4-9(5-7-16)14(18)19/h2-3,8-9H,4-7H2,1H3,(H,18,19). The third kappa shape index (κ3) is 3.23. The summed E-state index contributed by atoms with van der Waals surface area (Å²) in [5.41, 5.74) is 0.615. The molecule has 1 aliphatic heterocycles. The van der Waals surface area contributed by atoms with Crippen LogP contribution in [0.2, 0.25) is 0 Å². The zero-order valence-electron chi connectivity index (χ0n) is 11.1. The molecular formula is C14H16INO4. The van der Waals surface area contributed by atoms with Gasteiger partial charge in [0.2, 0.25) is 0 Å². The van der Waals surface area contributed by atoms with E-state index in [-0.39, 0.29) is 11.8 Å². The number of rotatable bonds is 3. The lowest BCUT2D eigenvalue weighted by atomic mass is 9.96. The quantitative estimate of drug-likeness (QED) is 0.806. The lowest BCUT2D eigenvalue weighted by Gasteiger charge is -2.30. The number of methoxy groups -OCH3 is 1. The van der Waals surface area contributed by atoms with E-state index >= 15 is 0 Å². The van der Waals surface area contributed by atoms with Gasteiger partial charge in [-0.1, -0.05) is 0 Å². The van der Waals surface area contributed by atoms with Gasteiger partial charge < -0.3 is 14.7 Å². The molecule has 0 spiro atoms. The van der Waals surface area contributed by atoms with Crippen LogP contribution in [0, 0.1) is 9.49 Å². The Labute approximate surface area is 131 Å². The molecule has 1 fully saturated rings. The van der Waals surface area contributed by atoms with Crippen LogP contribution in [0.25, 0.3) is 0 Å². The number of nitrogens with zero attached hydrogens (tertiary/aromatic N) is 1. The Bertz CT molecular complexity index is 524. The molecule has 1 heterocycles. The average molecular weight is 389 g/mol. The minimum absolute atomic E-state index is 0.0468. The van der Waals surface area contributed by atoms with Crippen molar-refractivity contribution in [1.29, 1.82) is 0 Å². The Hall–Kier alpha value is -1.31. The molecule has 0 bridgehead atoms. The highest BCUT2D eigenvalue weighted by Crippen LogP contribution is 2.24. The molecule has 1 aliphatic rings. The van der Waals surface area contributed by atoms with E-state index in [1.165, 1.54) is 0 Å². The molecule has 5 nitrogen and oxygen atoms in total. The minimum Gasteiger partial charge on any atom is -0.496 e. The van der Waals surface area contributed by atoms with Crippen molar-refractivity contribution in [2.24, 2.45) is 5.92 Å². The highest BCUT2D eigenvalue weighted by atomic mass is 127. The number of halogens is 1. The molecule has 20 heavy (non-hydrogen) atoms. The highest BCUT2D eigenvalue weighted by molar-refractivity contribution is 14.1. The average Bonchev–Trinajstić information content (AvgIpc) is 2.46. The lowest BCUT2D eigenvalue weighted by Crippen LogP contribution is -2.40. The Kier molecular flexibility index (Phi) is 4.85. The number of aliphatic carboxylic acids is 1. The number of hydrogen-bond acceptors (Lipinski definition) is 3. The fourth-order valence-electron chi connectivity index (χ4n) is 2.31. The smallest absolute Gasteiger partial charge is 0.306 e. The van der Waals surface area contributed by atoms with Crippen molar-refractivity contribution in [3.05, 3.63) is 27.3 Å². The van der Waals surface area contributed by atoms with Gasteiger partial charge in [-0.3, -0.25) is 9.59 Å². The topological polar surface area (TPSA) is 66.8 Å². The van der Waals surface area contributed by atoms with Crippen LogP contribution in [0.5, 0.6) is 5.75 Å². The maximum atomic E-state index is 12.4. The first-order valence-corrected chi connectivity index (χ1v) is 7.46. The van der Waals surface area contributed by atoms with Crippen molar-refractivity contribution in [2.75, 3.05) is 20.2 Å². The fraction of sp³-hybridized carbons (Fsp3) is 0.429. The van der Waals surface area contributed by atoms with E-state index in [9.17, 15) is 9.59 Å². The first-order valence-electron chi connectivity index (χ1n) is 6.38. The summed E-state index contributed by atoms with van der Waals surface area (Å²) in [6.07, 6.45) is 1.04. The highest BCUT2D eigenvalue weighted by Gasteiger charge is 2.27. The van der Waals surface area contributed by atoms with Gasteiger partial charge in [-0.05, 0) is 53.6 Å². The summed E-state index contributed by atoms with van der Waals surface area (Å²) in [6, 6.07) is 5.32. The second-order valence-corrected chi connectivity index (χ2v) is 5.92. The zero-order chi connectivity index (χ0) is 14.7. The van der Waals surface area contributed by atoms with Crippen LogP contribution in [0.15, 0.2) is 18.2 Å². The minimum atomic E-state index is -0.768. The third-order valence-electron chi connectivity index (χ3n) is 3.53. The van der Waals surface area contributed by atoms with Crippen molar-refractivity contribution in [3.63, 3.8) is 0 Å². The second kappa shape index (κ2) is 6.43. The summed E-state index contributed by atoms with van der Waals surface area (Å²) in [5.74, 6) is -0.396. The van der Waals surface area contributed by atoms with Gasteiger partial charge in [0.15, 0.2) is 0 Å². The number of likely N-dealkylation sites (tertiary alicyclic amines) is 1. The predicted molar refractivity (Wildman–Crippen MR) is 82.0 cm³/mol. The summed E-state index contributed by atoms with van der Waals surface area (Å²) in [5, 5.41) is 8.96. The molecule has 0 aromatic heterocycles. The van der Waals surface area contributed by atoms with Gasteiger partial charge in [0.05, 0.1) is 16.6 Å². The molecule has 1 N–H and O–H groups in total. The van der Waals surface area contributed by atoms with Crippen molar-refractivity contribution < 1.29 is 19.4 Å². The monoisotopic (exact) mass is 389 g/mol. The molecule has 0 aliphatic carbocycles. The van der Waals surface area contributed by atoms with Gasteiger partial charge in [0.1, 0.15) is 5.75 Å². The van der Waals surface area contributed by atoms with E-state index in [2.05, 4.69) is 22.6 Å². The first-order chi connectivity index (χ1) is 9.52. The normalized spacial score (nSPS) is 16.0. The maximum absolute atomic E-state index is 12.4. The molecule has 0 unspecified atom stereocenters. The van der Waals surface area contributed by atoms with E-state index in [1.807, 2.05) is 0 Å². The van der Waals surface area contributed by atoms with Crippen LogP contribution in [0.1, 0.15) is 23.2 Å². The van der Waals surface area contributed by atoms with E-state index in [1.54, 1.807) is 30.2 Å². The maximum Gasteiger partial charge on any atom is 0.306 e. The molecule has 0 radical (unpaired) electrons. The summed E-state index contributed by atoms with van der Waals surface area (Å²) < 4.78 is 6.05. The number of hydrogen-bond donors (Lipinski definition) is 1. The predicted octanol–water partition coefficient (Wildman–Crippen LogP) is 2.24. The molecule has 2 rings (SSSR count). The number of carbonyl (C=O) groups excluding carboxylic acids is 1. The summed E-state index contributed by atoms with van der Waals surface area (Å²) in [4.78, 5) is 25.0. The van der Waals surface area contributed by atoms with Gasteiger partial charge in [-0.15, -0.1) is 0 Å². The van der Waals surface area contributed by atoms with Crippen molar-refractivity contribution in [3.8, 4) is 5.75 Å². The number of amides is 1. The third-order valence-corrected chi connectivity index (χ3v) is 4.37. The molecule has 0 saturated carbocycles. The second-order valence-electron chi connectivity index (χ2n) is 4.75. The van der Waals surface area contributed by atoms with Crippen molar-refractivity contribution in [1.82, 2.24) is 4.90 Å². The Morgan fingerprint density at radius 2 is 2.00 bits per heavy atom. The molecule has 0 atom stereocenters. The largest absolute Gasteiger partial charge is 0.496 e. The number of benzene rings is 1. The van der Waals surface area contributed by atoms with Gasteiger partial charge in [-0.25, -0.2) is 0 Å². The van der Waals surface area contributed by atoms with E-state index in [4.69, 9.17) is 9.84 Å². The number of ether oxygens (including phenoxy) is 1. The van der Waals surface area contributed by atoms with Crippen LogP contribution in [-0.2, 0) is 4.79 Å². The fourth-order valence-corrected chi connectivity index (χ4v) is 3.05. The Morgan fingerprint density at radius 3 is 2.50 bits per heavy atom. The zero-order valence-corrected chi connectivity index (χ0v) is 13.3. The van der Waals surface area contributed by atoms with Crippen LogP contribution < -0.4 is 4.74 Å². The number of carboxylic acids is 1. The SMILES string of the molecule is COc1ccc(C(=O)N2CCC(C(=O)O)CC2)cc1I. The van der Waals surface area contributed by atoms with Gasteiger partial charge in [0.25, 0.3) is 5.91 Å². The number of carbonyl (C=O) groups is 2. The van der Waals surface area contributed by atoms with Crippen molar-refractivity contribution in [2.45, 2.75) is 12.8 Å². The lowest BCUT2D eigenvalue weighted by molar-refractivity contribution is -0.143. The van der Waals surface area contributed by atoms with Gasteiger partial charge in [-0.2, -0.15) is 0 Å². The van der Waals surface area contributed by atoms with Crippen LogP contribution in [-0.4, -0.2) is 42.1 Å². The van der Waals surface area contributed by atoms with Gasteiger partial charge >= 0.3 is 5.97 Å². The van der Waals surface area contributed by atoms with Crippen LogP contribution in [0.3, 0.4) is 0 Å². The van der Waals surface area contributed by atoms with Gasteiger partial charge in [0, 0.05) is 18.7 Å². The first kappa shape index (κ1) is 15.1. The molecule has 1 saturated heterocycles. The van der Waals surface area contributed by atoms with Crippen molar-refractivity contribution >= 4 is 34.5 Å². The summed E-state index contributed by atoms with van der Waals surface area (Å²) in [6.45, 7) is 0.997. The number of carboxylic acid groups (broad SMARTS) is 1. The van der Waals surface area contributed by atoms with Crippen LogP contribution >= 0.6 is 22.6 Å².